The summed E-state index contributed by atoms with van der Waals surface area (Å²) >= 11 is 1.55. The van der Waals surface area contributed by atoms with Crippen LogP contribution in [0.2, 0.25) is 0 Å². The van der Waals surface area contributed by atoms with Crippen LogP contribution in [-0.2, 0) is 4.74 Å². The minimum Gasteiger partial charge on any atom is -0.387 e. The van der Waals surface area contributed by atoms with E-state index in [0.717, 1.165) is 12.8 Å². The predicted octanol–water partition coefficient (Wildman–Crippen LogP) is -0.497. The summed E-state index contributed by atoms with van der Waals surface area (Å²) in [6.45, 7) is 0.642. The molecule has 26 heavy (non-hydrogen) atoms. The maximum absolute atomic E-state index is 10.4. The number of nitrogens with zero attached hydrogens (tertiary/aromatic N) is 4. The van der Waals surface area contributed by atoms with E-state index in [1.807, 2.05) is 0 Å². The van der Waals surface area contributed by atoms with Crippen molar-refractivity contribution in [1.29, 1.82) is 0 Å². The molecule has 1 saturated heterocycles. The van der Waals surface area contributed by atoms with Gasteiger partial charge in [-0.05, 0) is 13.0 Å². The third-order valence-corrected chi connectivity index (χ3v) is 5.00. The van der Waals surface area contributed by atoms with Crippen LogP contribution in [0.4, 0.5) is 5.82 Å². The number of nitrogens with two attached hydrogens (primary N) is 2. The third kappa shape index (κ3) is 3.92. The molecule has 4 unspecified atom stereocenters. The summed E-state index contributed by atoms with van der Waals surface area (Å²) in [6, 6.07) is 0. The van der Waals surface area contributed by atoms with Crippen LogP contribution in [0.15, 0.2) is 12.7 Å². The standard InChI is InChI=1S/C16H22N6O3S/c17-5-3-1-2-4-6-26-7-10-12(23)13(24)16(25-10)22-9-21-11-14(18)19-8-20-15(11)22/h8-10,12-13,16,23-24H,1,3,5-7,17H2,(H2,18,19,20). The average Bonchev–Trinajstić information content (AvgIpc) is 3.18. The van der Waals surface area contributed by atoms with Crippen LogP contribution >= 0.6 is 11.8 Å². The summed E-state index contributed by atoms with van der Waals surface area (Å²) in [5.41, 5.74) is 12.1. The zero-order valence-electron chi connectivity index (χ0n) is 14.2. The number of aliphatic hydroxyl groups excluding tert-OH is 2. The second kappa shape index (κ2) is 8.66. The number of fused-ring (bicyclic) bond motifs is 1. The summed E-state index contributed by atoms with van der Waals surface area (Å²) in [4.78, 5) is 12.2. The number of ether oxygens (including phenoxy) is 1. The molecule has 0 amide bonds. The van der Waals surface area contributed by atoms with Gasteiger partial charge < -0.3 is 26.4 Å². The van der Waals surface area contributed by atoms with Crippen molar-refractivity contribution in [1.82, 2.24) is 19.5 Å². The van der Waals surface area contributed by atoms with Crippen LogP contribution in [0.1, 0.15) is 19.1 Å². The van der Waals surface area contributed by atoms with Gasteiger partial charge in [0.15, 0.2) is 17.7 Å². The molecule has 4 atom stereocenters. The number of imidazole rings is 1. The number of unbranched alkanes of at least 4 members (excludes halogenated alkanes) is 1. The first-order valence-electron chi connectivity index (χ1n) is 8.31. The van der Waals surface area contributed by atoms with Crippen molar-refractivity contribution in [2.24, 2.45) is 5.73 Å². The zero-order chi connectivity index (χ0) is 18.5. The molecule has 9 nitrogen and oxygen atoms in total. The highest BCUT2D eigenvalue weighted by atomic mass is 32.2. The number of aromatic nitrogens is 4. The SMILES string of the molecule is NCCCC#CCSCC1OC(n2cnc3c(N)ncnc32)C(O)C1O. The fourth-order valence-corrected chi connectivity index (χ4v) is 3.54. The molecule has 0 radical (unpaired) electrons. The van der Waals surface area contributed by atoms with Gasteiger partial charge >= 0.3 is 0 Å². The fourth-order valence-electron chi connectivity index (χ4n) is 2.71. The van der Waals surface area contributed by atoms with Gasteiger partial charge in [0, 0.05) is 12.2 Å². The van der Waals surface area contributed by atoms with Gasteiger partial charge in [-0.25, -0.2) is 15.0 Å². The summed E-state index contributed by atoms with van der Waals surface area (Å²) in [5, 5.41) is 20.7. The number of nitrogen functional groups attached to an aromatic ring is 1. The van der Waals surface area contributed by atoms with Crippen molar-refractivity contribution in [3.63, 3.8) is 0 Å². The molecule has 1 fully saturated rings. The Morgan fingerprint density at radius 3 is 2.88 bits per heavy atom. The van der Waals surface area contributed by atoms with E-state index < -0.39 is 24.5 Å². The number of thioether (sulfide) groups is 1. The van der Waals surface area contributed by atoms with Crippen LogP contribution in [0.3, 0.4) is 0 Å². The van der Waals surface area contributed by atoms with Crippen molar-refractivity contribution in [2.45, 2.75) is 37.4 Å². The Morgan fingerprint density at radius 2 is 2.08 bits per heavy atom. The molecule has 2 aromatic heterocycles. The predicted molar refractivity (Wildman–Crippen MR) is 99.0 cm³/mol. The Morgan fingerprint density at radius 1 is 1.23 bits per heavy atom. The van der Waals surface area contributed by atoms with Gasteiger partial charge in [-0.3, -0.25) is 4.57 Å². The molecule has 0 spiro atoms. The maximum atomic E-state index is 10.4. The highest BCUT2D eigenvalue weighted by Gasteiger charge is 2.44. The number of hydrogen-bond acceptors (Lipinski definition) is 9. The smallest absolute Gasteiger partial charge is 0.167 e. The molecule has 1 aliphatic rings. The van der Waals surface area contributed by atoms with Crippen molar-refractivity contribution >= 4 is 28.7 Å². The first-order chi connectivity index (χ1) is 12.6. The van der Waals surface area contributed by atoms with E-state index in [1.165, 1.54) is 12.7 Å². The summed E-state index contributed by atoms with van der Waals surface area (Å²) < 4.78 is 7.43. The van der Waals surface area contributed by atoms with Crippen molar-refractivity contribution in [3.8, 4) is 11.8 Å². The summed E-state index contributed by atoms with van der Waals surface area (Å²) in [6.07, 6.45) is 1.09. The quantitative estimate of drug-likeness (QED) is 0.386. The van der Waals surface area contributed by atoms with Crippen LogP contribution in [0.5, 0.6) is 0 Å². The third-order valence-electron chi connectivity index (χ3n) is 4.09. The number of aliphatic hydroxyl groups is 2. The van der Waals surface area contributed by atoms with E-state index in [2.05, 4.69) is 26.8 Å². The lowest BCUT2D eigenvalue weighted by Gasteiger charge is -2.16. The molecule has 1 aliphatic heterocycles. The van der Waals surface area contributed by atoms with Crippen molar-refractivity contribution < 1.29 is 14.9 Å². The van der Waals surface area contributed by atoms with Gasteiger partial charge in [0.2, 0.25) is 0 Å². The lowest BCUT2D eigenvalue weighted by Crippen LogP contribution is -2.32. The molecule has 140 valence electrons. The average molecular weight is 378 g/mol. The minimum absolute atomic E-state index is 0.252. The van der Waals surface area contributed by atoms with E-state index in [-0.39, 0.29) is 5.82 Å². The maximum Gasteiger partial charge on any atom is 0.167 e. The van der Waals surface area contributed by atoms with Crippen LogP contribution < -0.4 is 11.5 Å². The van der Waals surface area contributed by atoms with Crippen molar-refractivity contribution in [3.05, 3.63) is 12.7 Å². The Bertz CT molecular complexity index is 804. The van der Waals surface area contributed by atoms with Gasteiger partial charge in [0.05, 0.1) is 18.2 Å². The van der Waals surface area contributed by atoms with E-state index in [1.54, 1.807) is 16.3 Å². The largest absolute Gasteiger partial charge is 0.387 e. The topological polar surface area (TPSA) is 145 Å². The second-order valence-electron chi connectivity index (χ2n) is 5.89. The molecule has 0 aromatic carbocycles. The fraction of sp³-hybridized carbons (Fsp3) is 0.562. The Balaban J connectivity index is 1.62. The Hall–Kier alpha value is -1.90. The van der Waals surface area contributed by atoms with E-state index >= 15 is 0 Å². The first kappa shape index (κ1) is 18.9. The minimum atomic E-state index is -1.09. The Labute approximate surface area is 155 Å². The van der Waals surface area contributed by atoms with Crippen LogP contribution in [0.25, 0.3) is 11.2 Å². The molecule has 2 aromatic rings. The van der Waals surface area contributed by atoms with E-state index in [0.29, 0.717) is 29.2 Å². The lowest BCUT2D eigenvalue weighted by molar-refractivity contribution is -0.0288. The highest BCUT2D eigenvalue weighted by Crippen LogP contribution is 2.33. The molecule has 0 saturated carbocycles. The van der Waals surface area contributed by atoms with Crippen molar-refractivity contribution in [2.75, 3.05) is 23.8 Å². The van der Waals surface area contributed by atoms with Crippen LogP contribution in [0, 0.1) is 11.8 Å². The number of anilines is 1. The zero-order valence-corrected chi connectivity index (χ0v) is 15.0. The highest BCUT2D eigenvalue weighted by molar-refractivity contribution is 7.99. The number of rotatable bonds is 6. The molecule has 3 rings (SSSR count). The monoisotopic (exact) mass is 378 g/mol. The summed E-state index contributed by atoms with van der Waals surface area (Å²) in [5.74, 6) is 7.50. The van der Waals surface area contributed by atoms with Gasteiger partial charge in [0.25, 0.3) is 0 Å². The molecule has 10 heteroatoms. The van der Waals surface area contributed by atoms with Crippen LogP contribution in [-0.4, -0.2) is 66.1 Å². The van der Waals surface area contributed by atoms with Gasteiger partial charge in [-0.15, -0.1) is 17.7 Å². The second-order valence-corrected chi connectivity index (χ2v) is 6.92. The molecule has 0 aliphatic carbocycles. The first-order valence-corrected chi connectivity index (χ1v) is 9.47. The van der Waals surface area contributed by atoms with E-state index in [9.17, 15) is 10.2 Å². The van der Waals surface area contributed by atoms with Gasteiger partial charge in [-0.2, -0.15) is 0 Å². The molecule has 3 heterocycles. The molecule has 6 N–H and O–H groups in total. The van der Waals surface area contributed by atoms with Gasteiger partial charge in [0.1, 0.15) is 24.1 Å². The molecular weight excluding hydrogens is 356 g/mol. The lowest BCUT2D eigenvalue weighted by atomic mass is 10.1. The van der Waals surface area contributed by atoms with Gasteiger partial charge in [-0.1, -0.05) is 5.92 Å². The Kier molecular flexibility index (Phi) is 6.29. The summed E-state index contributed by atoms with van der Waals surface area (Å²) in [7, 11) is 0. The van der Waals surface area contributed by atoms with E-state index in [4.69, 9.17) is 16.2 Å². The molecular formula is C16H22N6O3S. The molecule has 0 bridgehead atoms. The number of hydrogen-bond donors (Lipinski definition) is 4. The normalized spacial score (nSPS) is 25.3.